The maximum absolute atomic E-state index is 13.0. The van der Waals surface area contributed by atoms with Crippen LogP contribution in [0.25, 0.3) is 16.6 Å². The summed E-state index contributed by atoms with van der Waals surface area (Å²) < 4.78 is 36.5. The smallest absolute Gasteiger partial charge is 0.281 e. The number of nitrogens with zero attached hydrogens (tertiary/aromatic N) is 5. The van der Waals surface area contributed by atoms with Crippen molar-refractivity contribution in [3.63, 3.8) is 0 Å². The number of anilines is 1. The molecule has 4 aromatic rings. The van der Waals surface area contributed by atoms with Gasteiger partial charge in [-0.1, -0.05) is 83.2 Å². The van der Waals surface area contributed by atoms with Crippen molar-refractivity contribution in [2.24, 2.45) is 5.92 Å². The Bertz CT molecular complexity index is 1320. The van der Waals surface area contributed by atoms with Gasteiger partial charge in [0.15, 0.2) is 5.78 Å². The van der Waals surface area contributed by atoms with Gasteiger partial charge in [-0.15, -0.1) is 0 Å². The van der Waals surface area contributed by atoms with Crippen molar-refractivity contribution in [1.29, 1.82) is 0 Å². The zero-order valence-corrected chi connectivity index (χ0v) is 26.2. The van der Waals surface area contributed by atoms with Gasteiger partial charge in [0, 0.05) is 19.5 Å². The van der Waals surface area contributed by atoms with Crippen LogP contribution in [0.15, 0.2) is 60.8 Å². The van der Waals surface area contributed by atoms with E-state index in [2.05, 4.69) is 22.0 Å². The highest BCUT2D eigenvalue weighted by Crippen LogP contribution is 2.26. The van der Waals surface area contributed by atoms with Crippen molar-refractivity contribution in [3.05, 3.63) is 77.9 Å². The number of halogens is 3. The summed E-state index contributed by atoms with van der Waals surface area (Å²) >= 11 is 0. The maximum atomic E-state index is 13.0. The third kappa shape index (κ3) is 10.9. The molecule has 0 amide bonds. The molecule has 0 bridgehead atoms. The normalized spacial score (nSPS) is 12.4. The Morgan fingerprint density at radius 3 is 2.00 bits per heavy atom. The first-order valence-corrected chi connectivity index (χ1v) is 14.4. The maximum Gasteiger partial charge on any atom is 0.281 e. The molecule has 9 heteroatoms. The number of aromatic nitrogens is 4. The van der Waals surface area contributed by atoms with Gasteiger partial charge >= 0.3 is 0 Å². The zero-order chi connectivity index (χ0) is 31.7. The fourth-order valence-electron chi connectivity index (χ4n) is 4.43. The van der Waals surface area contributed by atoms with E-state index in [9.17, 15) is 18.0 Å². The van der Waals surface area contributed by atoms with Crippen LogP contribution >= 0.6 is 0 Å². The highest BCUT2D eigenvalue weighted by atomic mass is 19.3. The number of carbonyl (C=O) groups excluding carboxylic acids is 1. The van der Waals surface area contributed by atoms with E-state index >= 15 is 0 Å². The largest absolute Gasteiger partial charge is 0.362 e. The lowest BCUT2D eigenvalue weighted by Crippen LogP contribution is -2.12. The van der Waals surface area contributed by atoms with Crippen LogP contribution in [0.1, 0.15) is 88.1 Å². The molecule has 2 aromatic heterocycles. The van der Waals surface area contributed by atoms with Gasteiger partial charge in [-0.25, -0.2) is 23.4 Å². The Balaban J connectivity index is 0.000000316. The molecular formula is C33H46F3N5O. The summed E-state index contributed by atoms with van der Waals surface area (Å²) in [5.74, 6) is 2.41. The van der Waals surface area contributed by atoms with E-state index in [-0.39, 0.29) is 11.3 Å². The molecule has 0 atom stereocenters. The number of para-hydroxylation sites is 2. The van der Waals surface area contributed by atoms with Gasteiger partial charge in [-0.2, -0.15) is 5.10 Å². The number of fused-ring (bicyclic) bond motifs is 1. The summed E-state index contributed by atoms with van der Waals surface area (Å²) in [7, 11) is 4.49. The molecular weight excluding hydrogens is 539 g/mol. The molecule has 2 heterocycles. The molecule has 0 aliphatic heterocycles. The van der Waals surface area contributed by atoms with Gasteiger partial charge in [0.05, 0.1) is 30.1 Å². The molecule has 2 aromatic carbocycles. The standard InChI is InChI=1S/C12H10F2N2O.C11H13N3.C7H14.C2H6.CH3F/c1-8(17)10-7-15-16(11(10)12(13)14)9-5-3-2-4-6-9;1-8-12-10-7-5-4-6-9(10)11(13-8)14(2)3;1-7-5-3-2-4-6-7;2*1-2/h2-7,12H,1H3;4-7H,1-3H3;7H,2-6H2,1H3;1-2H3;1H3. The lowest BCUT2D eigenvalue weighted by molar-refractivity contribution is 0.0996. The van der Waals surface area contributed by atoms with E-state index in [0.717, 1.165) is 33.1 Å². The first-order valence-electron chi connectivity index (χ1n) is 14.4. The molecule has 5 rings (SSSR count). The topological polar surface area (TPSA) is 63.9 Å². The summed E-state index contributed by atoms with van der Waals surface area (Å²) in [6.45, 7) is 9.52. The number of benzene rings is 2. The van der Waals surface area contributed by atoms with E-state index in [4.69, 9.17) is 0 Å². The number of Topliss-reactive ketones (excluding diaryl/α,β-unsaturated/α-hetero) is 1. The fraction of sp³-hybridized carbons (Fsp3) is 0.455. The highest BCUT2D eigenvalue weighted by molar-refractivity contribution is 5.95. The number of hydrogen-bond donors (Lipinski definition) is 0. The number of rotatable bonds is 4. The van der Waals surface area contributed by atoms with E-state index in [1.807, 2.05) is 64.0 Å². The molecule has 42 heavy (non-hydrogen) atoms. The van der Waals surface area contributed by atoms with Gasteiger partial charge in [0.25, 0.3) is 6.43 Å². The minimum Gasteiger partial charge on any atom is -0.362 e. The van der Waals surface area contributed by atoms with Crippen LogP contribution in [-0.2, 0) is 0 Å². The molecule has 1 aliphatic carbocycles. The second-order valence-corrected chi connectivity index (χ2v) is 9.80. The number of alkyl halides is 3. The van der Waals surface area contributed by atoms with E-state index in [1.54, 1.807) is 30.3 Å². The fourth-order valence-corrected chi connectivity index (χ4v) is 4.43. The second-order valence-electron chi connectivity index (χ2n) is 9.80. The average molecular weight is 586 g/mol. The Kier molecular flexibility index (Phi) is 16.7. The van der Waals surface area contributed by atoms with Gasteiger partial charge in [0.1, 0.15) is 17.3 Å². The van der Waals surface area contributed by atoms with Crippen molar-refractivity contribution >= 4 is 22.5 Å². The van der Waals surface area contributed by atoms with Crippen LogP contribution in [0.5, 0.6) is 0 Å². The van der Waals surface area contributed by atoms with E-state index in [0.29, 0.717) is 12.9 Å². The summed E-state index contributed by atoms with van der Waals surface area (Å²) in [6, 6.07) is 16.6. The van der Waals surface area contributed by atoms with Gasteiger partial charge in [0.2, 0.25) is 0 Å². The molecule has 0 spiro atoms. The Labute approximate surface area is 249 Å². The first-order chi connectivity index (χ1) is 20.2. The predicted octanol–water partition coefficient (Wildman–Crippen LogP) is 9.22. The molecule has 1 saturated carbocycles. The number of aryl methyl sites for hydroxylation is 1. The number of hydrogen-bond acceptors (Lipinski definition) is 5. The quantitative estimate of drug-likeness (QED) is 0.223. The van der Waals surface area contributed by atoms with Crippen LogP contribution in [0.3, 0.4) is 0 Å². The molecule has 0 unspecified atom stereocenters. The van der Waals surface area contributed by atoms with Crippen molar-refractivity contribution in [3.8, 4) is 5.69 Å². The minimum absolute atomic E-state index is 0.0381. The summed E-state index contributed by atoms with van der Waals surface area (Å²) in [4.78, 5) is 22.0. The molecule has 0 saturated heterocycles. The van der Waals surface area contributed by atoms with E-state index < -0.39 is 12.2 Å². The number of carbonyl (C=O) groups is 1. The lowest BCUT2D eigenvalue weighted by atomic mass is 9.91. The zero-order valence-electron chi connectivity index (χ0n) is 26.2. The van der Waals surface area contributed by atoms with Crippen LogP contribution in [0.2, 0.25) is 0 Å². The van der Waals surface area contributed by atoms with Crippen molar-refractivity contribution in [2.75, 3.05) is 26.2 Å². The van der Waals surface area contributed by atoms with Crippen molar-refractivity contribution < 1.29 is 18.0 Å². The van der Waals surface area contributed by atoms with Crippen LogP contribution in [0.4, 0.5) is 19.0 Å². The lowest BCUT2D eigenvalue weighted by Gasteiger charge is -2.15. The molecule has 1 aliphatic rings. The monoisotopic (exact) mass is 585 g/mol. The highest BCUT2D eigenvalue weighted by Gasteiger charge is 2.23. The Hall–Kier alpha value is -3.75. The molecule has 0 radical (unpaired) electrons. The van der Waals surface area contributed by atoms with Gasteiger partial charge in [-0.3, -0.25) is 9.18 Å². The first kappa shape index (κ1) is 36.3. The van der Waals surface area contributed by atoms with Crippen LogP contribution < -0.4 is 4.90 Å². The number of ketones is 1. The molecule has 230 valence electrons. The second kappa shape index (κ2) is 19.4. The third-order valence-corrected chi connectivity index (χ3v) is 6.41. The SMILES string of the molecule is CC.CC(=O)c1cnn(-c2ccccc2)c1C(F)F.CC1CCCCC1.CF.Cc1nc(N(C)C)c2ccccc2n1. The third-order valence-electron chi connectivity index (χ3n) is 6.41. The summed E-state index contributed by atoms with van der Waals surface area (Å²) in [5.41, 5.74) is 1.12. The van der Waals surface area contributed by atoms with E-state index in [1.165, 1.54) is 45.2 Å². The summed E-state index contributed by atoms with van der Waals surface area (Å²) in [6.07, 6.45) is 5.88. The van der Waals surface area contributed by atoms with Gasteiger partial charge in [-0.05, 0) is 44.0 Å². The molecule has 1 fully saturated rings. The molecule has 6 nitrogen and oxygen atoms in total. The van der Waals surface area contributed by atoms with Gasteiger partial charge < -0.3 is 4.90 Å². The molecule has 0 N–H and O–H groups in total. The van der Waals surface area contributed by atoms with Crippen molar-refractivity contribution in [1.82, 2.24) is 19.7 Å². The predicted molar refractivity (Wildman–Crippen MR) is 168 cm³/mol. The van der Waals surface area contributed by atoms with Crippen molar-refractivity contribution in [2.45, 2.75) is 73.1 Å². The average Bonchev–Trinajstić information content (AvgIpc) is 3.47. The minimum atomic E-state index is -2.74. The van der Waals surface area contributed by atoms with Crippen LogP contribution in [0, 0.1) is 12.8 Å². The van der Waals surface area contributed by atoms with Crippen LogP contribution in [-0.4, -0.2) is 46.8 Å². The summed E-state index contributed by atoms with van der Waals surface area (Å²) in [5, 5.41) is 4.94. The Morgan fingerprint density at radius 1 is 0.929 bits per heavy atom. The Morgan fingerprint density at radius 2 is 1.50 bits per heavy atom.